The monoisotopic (exact) mass is 610 g/mol. The minimum atomic E-state index is -0.730. The summed E-state index contributed by atoms with van der Waals surface area (Å²) < 4.78 is 17.2. The molecule has 5 aromatic heterocycles. The molecule has 0 saturated carbocycles. The van der Waals surface area contributed by atoms with Crippen molar-refractivity contribution in [1.29, 1.82) is 0 Å². The van der Waals surface area contributed by atoms with E-state index in [9.17, 15) is 0 Å². The predicted octanol–water partition coefficient (Wildman–Crippen LogP) is 8.85. The number of pyridine rings is 3. The molecule has 1 unspecified atom stereocenters. The van der Waals surface area contributed by atoms with Gasteiger partial charge in [-0.3, -0.25) is 0 Å². The fourth-order valence-electron chi connectivity index (χ4n) is 10.2. The summed E-state index contributed by atoms with van der Waals surface area (Å²) in [7, 11) is 0. The Kier molecular flexibility index (Phi) is 3.39. The van der Waals surface area contributed by atoms with Gasteiger partial charge in [-0.15, -0.1) is 0 Å². The van der Waals surface area contributed by atoms with E-state index in [1.165, 1.54) is 92.7 Å². The molecule has 3 aliphatic heterocycles. The molecular formula is C43H22N4O+2. The molecule has 0 saturated heterocycles. The normalized spacial score (nSPS) is 17.0. The maximum Gasteiger partial charge on any atom is 0.321 e. The predicted molar refractivity (Wildman–Crippen MR) is 189 cm³/mol. The summed E-state index contributed by atoms with van der Waals surface area (Å²) in [4.78, 5) is 0. The second-order valence-corrected chi connectivity index (χ2v) is 13.7. The third-order valence-electron chi connectivity index (χ3n) is 11.8. The Morgan fingerprint density at radius 3 is 2.10 bits per heavy atom. The fourth-order valence-corrected chi connectivity index (χ4v) is 10.2. The lowest BCUT2D eigenvalue weighted by Gasteiger charge is -2.40. The molecule has 3 aliphatic rings. The molecule has 0 radical (unpaired) electrons. The minimum Gasteiger partial charge on any atom is -0.456 e. The zero-order valence-electron chi connectivity index (χ0n) is 25.4. The van der Waals surface area contributed by atoms with Gasteiger partial charge in [-0.1, -0.05) is 48.5 Å². The van der Waals surface area contributed by atoms with Crippen molar-refractivity contribution in [2.45, 2.75) is 5.66 Å². The van der Waals surface area contributed by atoms with Gasteiger partial charge in [0.25, 0.3) is 11.5 Å². The van der Waals surface area contributed by atoms with Crippen LogP contribution in [0.2, 0.25) is 0 Å². The molecule has 0 bridgehead atoms. The minimum absolute atomic E-state index is 0.730. The fraction of sp³-hybridized carbons (Fsp3) is 0.0233. The maximum absolute atomic E-state index is 7.06. The molecule has 5 nitrogen and oxygen atoms in total. The molecule has 0 fully saturated rings. The topological polar surface area (TPSA) is 26.3 Å². The Labute approximate surface area is 271 Å². The van der Waals surface area contributed by atoms with Crippen molar-refractivity contribution in [3.8, 4) is 17.3 Å². The summed E-state index contributed by atoms with van der Waals surface area (Å²) in [5, 5.41) is 12.8. The summed E-state index contributed by atoms with van der Waals surface area (Å²) in [5.74, 6) is 2.94. The molecule has 218 valence electrons. The van der Waals surface area contributed by atoms with Gasteiger partial charge in [0.05, 0.1) is 17.8 Å². The molecule has 48 heavy (non-hydrogen) atoms. The van der Waals surface area contributed by atoms with E-state index in [2.05, 4.69) is 152 Å². The van der Waals surface area contributed by atoms with Crippen molar-refractivity contribution in [3.05, 3.63) is 145 Å². The number of rotatable bonds is 0. The van der Waals surface area contributed by atoms with Crippen molar-refractivity contribution in [3.63, 3.8) is 0 Å². The maximum atomic E-state index is 7.06. The average Bonchev–Trinajstić information content (AvgIpc) is 3.67. The molecule has 5 heteroatoms. The van der Waals surface area contributed by atoms with Crippen LogP contribution in [0.25, 0.3) is 87.4 Å². The van der Waals surface area contributed by atoms with Crippen LogP contribution in [0.5, 0.6) is 11.5 Å². The molecule has 0 N–H and O–H groups in total. The molecule has 14 rings (SSSR count). The third-order valence-corrected chi connectivity index (χ3v) is 11.8. The number of aromatic nitrogens is 4. The number of para-hydroxylation sites is 1. The van der Waals surface area contributed by atoms with Crippen LogP contribution in [0.15, 0.2) is 134 Å². The Balaban J connectivity index is 1.35. The lowest BCUT2D eigenvalue weighted by molar-refractivity contribution is -0.960. The largest absolute Gasteiger partial charge is 0.456 e. The molecule has 1 spiro atoms. The first-order valence-corrected chi connectivity index (χ1v) is 16.6. The summed E-state index contributed by atoms with van der Waals surface area (Å²) in [6, 6.07) is 44.9. The summed E-state index contributed by atoms with van der Waals surface area (Å²) >= 11 is 0. The van der Waals surface area contributed by atoms with E-state index in [-0.39, 0.29) is 0 Å². The van der Waals surface area contributed by atoms with Gasteiger partial charge < -0.3 is 4.74 Å². The van der Waals surface area contributed by atoms with Crippen LogP contribution < -0.4 is 13.9 Å². The number of hydrogen-bond donors (Lipinski definition) is 0. The number of ether oxygens (including phenoxy) is 1. The van der Waals surface area contributed by atoms with Gasteiger partial charge in [-0.05, 0) is 88.3 Å². The number of hydrogen-bond acceptors (Lipinski definition) is 1. The van der Waals surface area contributed by atoms with Crippen molar-refractivity contribution >= 4 is 81.6 Å². The van der Waals surface area contributed by atoms with Crippen molar-refractivity contribution < 1.29 is 13.9 Å². The molecule has 0 amide bonds. The average molecular weight is 611 g/mol. The third kappa shape index (κ3) is 2.09. The summed E-state index contributed by atoms with van der Waals surface area (Å²) in [6.45, 7) is 0. The van der Waals surface area contributed by atoms with Gasteiger partial charge >= 0.3 is 5.66 Å². The smallest absolute Gasteiger partial charge is 0.321 e. The van der Waals surface area contributed by atoms with Gasteiger partial charge in [-0.25, -0.2) is 0 Å². The molecule has 0 aliphatic carbocycles. The highest BCUT2D eigenvalue weighted by atomic mass is 16.5. The molecule has 1 atom stereocenters. The van der Waals surface area contributed by atoms with Gasteiger partial charge in [0, 0.05) is 33.0 Å². The highest BCUT2D eigenvalue weighted by molar-refractivity contribution is 6.33. The Bertz CT molecular complexity index is 3380. The Hall–Kier alpha value is -6.46. The Morgan fingerprint density at radius 2 is 1.19 bits per heavy atom. The van der Waals surface area contributed by atoms with Crippen molar-refractivity contribution in [2.75, 3.05) is 0 Å². The first-order chi connectivity index (χ1) is 23.8. The van der Waals surface area contributed by atoms with Crippen LogP contribution in [0.3, 0.4) is 0 Å². The van der Waals surface area contributed by atoms with E-state index in [1.807, 2.05) is 0 Å². The zero-order valence-corrected chi connectivity index (χ0v) is 25.4. The number of fused-ring (bicyclic) bond motifs is 9. The van der Waals surface area contributed by atoms with Gasteiger partial charge in [0.2, 0.25) is 0 Å². The second-order valence-electron chi connectivity index (χ2n) is 13.7. The first kappa shape index (κ1) is 23.0. The van der Waals surface area contributed by atoms with Gasteiger partial charge in [-0.2, -0.15) is 18.1 Å². The number of benzene rings is 6. The standard InChI is InChI=1S/C43H22N4O/c1-2-9-24-23(8-1)22-31-29-17-19-34-38-41(29)47-39-28(15-14-26(24)36(31)39)30-11-7-21-45(42(30)47)43(38)37-33(48-34)18-16-27-25-10-3-4-12-32(25)46(40(27)37)35-13-5-6-20-44(35)43/h1-22H/q+2. The lowest BCUT2D eigenvalue weighted by Crippen LogP contribution is -2.78. The highest BCUT2D eigenvalue weighted by Gasteiger charge is 2.63. The SMILES string of the molecule is c1cc[n+]2c(c1)-n1c3ccccc3c3ccc4c(c31)C21c2c(ccc3c5cc6ccccc6c6ccc7c8ccc[n+]1c8n(c23)c7c65)O4. The second kappa shape index (κ2) is 7.09. The Morgan fingerprint density at radius 1 is 0.500 bits per heavy atom. The zero-order chi connectivity index (χ0) is 30.6. The lowest BCUT2D eigenvalue weighted by atomic mass is 9.81. The van der Waals surface area contributed by atoms with E-state index < -0.39 is 5.66 Å². The van der Waals surface area contributed by atoms with E-state index in [0.717, 1.165) is 17.3 Å². The number of nitrogens with zero attached hydrogens (tertiary/aromatic N) is 4. The van der Waals surface area contributed by atoms with Crippen LogP contribution in [-0.2, 0) is 5.66 Å². The molecule has 8 heterocycles. The van der Waals surface area contributed by atoms with Crippen LogP contribution >= 0.6 is 0 Å². The van der Waals surface area contributed by atoms with E-state index in [1.54, 1.807) is 0 Å². The summed E-state index contributed by atoms with van der Waals surface area (Å²) in [6.07, 6.45) is 4.57. The van der Waals surface area contributed by atoms with Crippen molar-refractivity contribution in [2.24, 2.45) is 0 Å². The molecular weight excluding hydrogens is 589 g/mol. The highest BCUT2D eigenvalue weighted by Crippen LogP contribution is 2.57. The molecule has 6 aromatic carbocycles. The quantitative estimate of drug-likeness (QED) is 0.0957. The van der Waals surface area contributed by atoms with Gasteiger partial charge in [0.15, 0.2) is 11.0 Å². The van der Waals surface area contributed by atoms with E-state index in [0.29, 0.717) is 0 Å². The molecule has 11 aromatic rings. The summed E-state index contributed by atoms with van der Waals surface area (Å²) in [5.41, 5.74) is 7.77. The van der Waals surface area contributed by atoms with Crippen LogP contribution in [0, 0.1) is 0 Å². The van der Waals surface area contributed by atoms with Crippen LogP contribution in [0.4, 0.5) is 0 Å². The van der Waals surface area contributed by atoms with E-state index >= 15 is 0 Å². The van der Waals surface area contributed by atoms with Crippen LogP contribution in [-0.4, -0.2) is 8.97 Å². The van der Waals surface area contributed by atoms with Gasteiger partial charge in [0.1, 0.15) is 33.7 Å². The van der Waals surface area contributed by atoms with Crippen molar-refractivity contribution in [1.82, 2.24) is 8.97 Å². The first-order valence-electron chi connectivity index (χ1n) is 16.6. The van der Waals surface area contributed by atoms with E-state index in [4.69, 9.17) is 4.74 Å². The van der Waals surface area contributed by atoms with Crippen LogP contribution in [0.1, 0.15) is 11.1 Å².